The van der Waals surface area contributed by atoms with Crippen molar-refractivity contribution in [3.63, 3.8) is 0 Å². The molecule has 3 rings (SSSR count). The minimum Gasteiger partial charge on any atom is -0.379 e. The molecule has 0 unspecified atom stereocenters. The molecule has 0 atom stereocenters. The number of benzene rings is 2. The van der Waals surface area contributed by atoms with Gasteiger partial charge in [-0.2, -0.15) is 4.31 Å². The summed E-state index contributed by atoms with van der Waals surface area (Å²) in [4.78, 5) is 12.8. The lowest BCUT2D eigenvalue weighted by Gasteiger charge is -2.26. The fraction of sp³-hybridized carbons (Fsp3) is 0.409. The van der Waals surface area contributed by atoms with E-state index in [1.54, 1.807) is 0 Å². The van der Waals surface area contributed by atoms with Crippen molar-refractivity contribution in [2.45, 2.75) is 25.2 Å². The van der Waals surface area contributed by atoms with E-state index in [0.717, 1.165) is 21.7 Å². The Labute approximate surface area is 195 Å². The van der Waals surface area contributed by atoms with Gasteiger partial charge in [0.15, 0.2) is 0 Å². The molecule has 2 aromatic rings. The number of ether oxygens (including phenoxy) is 1. The molecule has 1 fully saturated rings. The number of nitrogens with one attached hydrogen (secondary N) is 1. The van der Waals surface area contributed by atoms with Crippen LogP contribution in [0.25, 0.3) is 0 Å². The van der Waals surface area contributed by atoms with E-state index in [9.17, 15) is 21.6 Å². The van der Waals surface area contributed by atoms with Crippen LogP contribution in [0.4, 0.5) is 11.4 Å². The van der Waals surface area contributed by atoms with Crippen LogP contribution in [0.2, 0.25) is 0 Å². The van der Waals surface area contributed by atoms with E-state index in [2.05, 4.69) is 5.32 Å². The summed E-state index contributed by atoms with van der Waals surface area (Å²) in [5.41, 5.74) is 2.71. The van der Waals surface area contributed by atoms with Gasteiger partial charge in [-0.1, -0.05) is 25.1 Å². The van der Waals surface area contributed by atoms with Gasteiger partial charge in [-0.15, -0.1) is 0 Å². The van der Waals surface area contributed by atoms with Gasteiger partial charge in [0, 0.05) is 18.8 Å². The first-order valence-electron chi connectivity index (χ1n) is 10.6. The highest BCUT2D eigenvalue weighted by Gasteiger charge is 2.27. The predicted octanol–water partition coefficient (Wildman–Crippen LogP) is 1.98. The zero-order valence-electron chi connectivity index (χ0n) is 18.9. The number of sulfonamides is 2. The van der Waals surface area contributed by atoms with Gasteiger partial charge < -0.3 is 10.1 Å². The van der Waals surface area contributed by atoms with Crippen LogP contribution in [0, 0.1) is 6.92 Å². The molecule has 1 aliphatic heterocycles. The average Bonchev–Trinajstić information content (AvgIpc) is 2.79. The maximum Gasteiger partial charge on any atom is 0.245 e. The molecule has 0 bridgehead atoms. The lowest BCUT2D eigenvalue weighted by Crippen LogP contribution is -2.40. The monoisotopic (exact) mass is 495 g/mol. The number of hydrogen-bond acceptors (Lipinski definition) is 6. The van der Waals surface area contributed by atoms with E-state index >= 15 is 0 Å². The van der Waals surface area contributed by atoms with Crippen LogP contribution in [0.3, 0.4) is 0 Å². The largest absolute Gasteiger partial charge is 0.379 e. The molecule has 33 heavy (non-hydrogen) atoms. The number of aryl methyl sites for hydroxylation is 2. The summed E-state index contributed by atoms with van der Waals surface area (Å²) in [6, 6.07) is 11.2. The van der Waals surface area contributed by atoms with Crippen LogP contribution in [-0.2, 0) is 36.0 Å². The van der Waals surface area contributed by atoms with Crippen molar-refractivity contribution < 1.29 is 26.4 Å². The predicted molar refractivity (Wildman–Crippen MR) is 127 cm³/mol. The zero-order chi connectivity index (χ0) is 24.2. The van der Waals surface area contributed by atoms with E-state index in [-0.39, 0.29) is 23.7 Å². The molecule has 0 radical (unpaired) electrons. The third-order valence-electron chi connectivity index (χ3n) is 5.42. The third-order valence-corrected chi connectivity index (χ3v) is 8.48. The number of carbonyl (C=O) groups excluding carboxylic acids is 1. The fourth-order valence-electron chi connectivity index (χ4n) is 3.63. The Morgan fingerprint density at radius 1 is 1.06 bits per heavy atom. The molecule has 9 nitrogen and oxygen atoms in total. The number of carbonyl (C=O) groups is 1. The van der Waals surface area contributed by atoms with E-state index in [0.29, 0.717) is 25.3 Å². The van der Waals surface area contributed by atoms with E-state index < -0.39 is 32.5 Å². The van der Waals surface area contributed by atoms with Gasteiger partial charge in [-0.25, -0.2) is 16.8 Å². The first kappa shape index (κ1) is 25.2. The summed E-state index contributed by atoms with van der Waals surface area (Å²) in [5, 5.41) is 2.82. The van der Waals surface area contributed by atoms with Gasteiger partial charge >= 0.3 is 0 Å². The van der Waals surface area contributed by atoms with Crippen molar-refractivity contribution in [3.05, 3.63) is 53.6 Å². The maximum atomic E-state index is 12.8. The van der Waals surface area contributed by atoms with Crippen LogP contribution in [0.1, 0.15) is 18.1 Å². The van der Waals surface area contributed by atoms with E-state index in [1.165, 1.54) is 28.6 Å². The van der Waals surface area contributed by atoms with Crippen LogP contribution in [-0.4, -0.2) is 66.2 Å². The Balaban J connectivity index is 1.82. The molecule has 1 aliphatic rings. The Kier molecular flexibility index (Phi) is 7.78. The van der Waals surface area contributed by atoms with Crippen molar-refractivity contribution in [1.29, 1.82) is 0 Å². The highest BCUT2D eigenvalue weighted by atomic mass is 32.2. The lowest BCUT2D eigenvalue weighted by molar-refractivity contribution is -0.114. The van der Waals surface area contributed by atoms with Gasteiger partial charge in [-0.3, -0.25) is 9.10 Å². The summed E-state index contributed by atoms with van der Waals surface area (Å²) in [7, 11) is -7.51. The highest BCUT2D eigenvalue weighted by Crippen LogP contribution is 2.24. The first-order chi connectivity index (χ1) is 15.5. The number of rotatable bonds is 8. The summed E-state index contributed by atoms with van der Waals surface area (Å²) < 4.78 is 58.0. The van der Waals surface area contributed by atoms with Crippen molar-refractivity contribution >= 4 is 37.3 Å². The normalized spacial score (nSPS) is 15.2. The third kappa shape index (κ3) is 5.91. The highest BCUT2D eigenvalue weighted by molar-refractivity contribution is 7.92. The second-order valence-electron chi connectivity index (χ2n) is 7.79. The minimum atomic E-state index is -3.80. The molecular weight excluding hydrogens is 466 g/mol. The van der Waals surface area contributed by atoms with Crippen molar-refractivity contribution in [2.75, 3.05) is 48.7 Å². The Morgan fingerprint density at radius 2 is 1.70 bits per heavy atom. The smallest absolute Gasteiger partial charge is 0.245 e. The van der Waals surface area contributed by atoms with Gasteiger partial charge in [0.05, 0.1) is 30.1 Å². The number of nitrogens with zero attached hydrogens (tertiary/aromatic N) is 2. The van der Waals surface area contributed by atoms with Crippen LogP contribution in [0.5, 0.6) is 0 Å². The number of para-hydroxylation sites is 1. The Hall–Kier alpha value is -2.47. The fourth-order valence-corrected chi connectivity index (χ4v) is 5.90. The average molecular weight is 496 g/mol. The maximum absolute atomic E-state index is 12.8. The van der Waals surface area contributed by atoms with Crippen molar-refractivity contribution in [2.24, 2.45) is 0 Å². The molecule has 0 saturated carbocycles. The van der Waals surface area contributed by atoms with Gasteiger partial charge in [0.2, 0.25) is 26.0 Å². The molecule has 2 aromatic carbocycles. The summed E-state index contributed by atoms with van der Waals surface area (Å²) in [5.74, 6) is -0.491. The molecule has 180 valence electrons. The number of amides is 1. The lowest BCUT2D eigenvalue weighted by atomic mass is 10.1. The second kappa shape index (κ2) is 10.2. The molecule has 1 heterocycles. The van der Waals surface area contributed by atoms with Crippen LogP contribution < -0.4 is 9.62 Å². The molecular formula is C22H29N3O6S2. The molecule has 0 spiro atoms. The van der Waals surface area contributed by atoms with Crippen molar-refractivity contribution in [1.82, 2.24) is 4.31 Å². The summed E-state index contributed by atoms with van der Waals surface area (Å²) >= 11 is 0. The first-order valence-corrected chi connectivity index (χ1v) is 13.9. The van der Waals surface area contributed by atoms with Gasteiger partial charge in [-0.05, 0) is 48.7 Å². The second-order valence-corrected chi connectivity index (χ2v) is 11.6. The molecule has 1 amide bonds. The molecule has 1 N–H and O–H groups in total. The molecule has 11 heteroatoms. The van der Waals surface area contributed by atoms with Crippen molar-refractivity contribution in [3.8, 4) is 0 Å². The van der Waals surface area contributed by atoms with Crippen LogP contribution in [0.15, 0.2) is 47.4 Å². The molecule has 0 aliphatic carbocycles. The topological polar surface area (TPSA) is 113 Å². The number of morpholine rings is 1. The summed E-state index contributed by atoms with van der Waals surface area (Å²) in [6.07, 6.45) is 1.72. The standard InChI is InChI=1S/C22H29N3O6S2/c1-4-18-7-5-6-17(2)22(18)23-21(26)16-25(32(3,27)28)19-8-10-20(11-9-19)33(29,30)24-12-14-31-15-13-24/h5-11H,4,12-16H2,1-3H3,(H,23,26). The van der Waals surface area contributed by atoms with E-state index in [1.807, 2.05) is 32.0 Å². The molecule has 0 aromatic heterocycles. The quantitative estimate of drug-likeness (QED) is 0.599. The Morgan fingerprint density at radius 3 is 2.27 bits per heavy atom. The minimum absolute atomic E-state index is 0.0542. The zero-order valence-corrected chi connectivity index (χ0v) is 20.6. The van der Waals surface area contributed by atoms with Gasteiger partial charge in [0.1, 0.15) is 6.54 Å². The number of anilines is 2. The van der Waals surface area contributed by atoms with Gasteiger partial charge in [0.25, 0.3) is 0 Å². The Bertz CT molecular complexity index is 1210. The van der Waals surface area contributed by atoms with E-state index in [4.69, 9.17) is 4.74 Å². The number of hydrogen-bond donors (Lipinski definition) is 1. The van der Waals surface area contributed by atoms with Crippen LogP contribution >= 0.6 is 0 Å². The SMILES string of the molecule is CCc1cccc(C)c1NC(=O)CN(c1ccc(S(=O)(=O)N2CCOCC2)cc1)S(C)(=O)=O. The summed E-state index contributed by atoms with van der Waals surface area (Å²) in [6.45, 7) is 4.59. The molecule has 1 saturated heterocycles.